The zero-order valence-corrected chi connectivity index (χ0v) is 15.3. The summed E-state index contributed by atoms with van der Waals surface area (Å²) in [5.41, 5.74) is 0.839. The van der Waals surface area contributed by atoms with Gasteiger partial charge in [0.15, 0.2) is 0 Å². The van der Waals surface area contributed by atoms with Gasteiger partial charge in [0.25, 0.3) is 0 Å². The van der Waals surface area contributed by atoms with Gasteiger partial charge in [0.1, 0.15) is 10.1 Å². The molecule has 3 aliphatic carbocycles. The van der Waals surface area contributed by atoms with Gasteiger partial charge in [-0.15, -0.1) is 23.2 Å². The Labute approximate surface area is 153 Å². The molecule has 5 heteroatoms. The summed E-state index contributed by atoms with van der Waals surface area (Å²) >= 11 is 12.7. The molecule has 0 bridgehead atoms. The van der Waals surface area contributed by atoms with E-state index in [-0.39, 0.29) is 11.8 Å². The lowest BCUT2D eigenvalue weighted by Gasteiger charge is -2.07. The fourth-order valence-electron chi connectivity index (χ4n) is 4.64. The molecule has 0 aromatic heterocycles. The van der Waals surface area contributed by atoms with E-state index < -0.39 is 4.33 Å². The van der Waals surface area contributed by atoms with Gasteiger partial charge in [0, 0.05) is 11.6 Å². The quantitative estimate of drug-likeness (QED) is 0.770. The summed E-state index contributed by atoms with van der Waals surface area (Å²) in [6.45, 7) is 2.60. The van der Waals surface area contributed by atoms with Gasteiger partial charge in [0.2, 0.25) is 5.91 Å². The van der Waals surface area contributed by atoms with Gasteiger partial charge in [-0.25, -0.2) is 0 Å². The van der Waals surface area contributed by atoms with Crippen LogP contribution in [-0.2, 0) is 4.79 Å². The molecule has 1 unspecified atom stereocenters. The molecular formula is C19H23Cl2NO2. The summed E-state index contributed by atoms with van der Waals surface area (Å²) in [6, 6.07) is 7.59. The molecule has 130 valence electrons. The predicted octanol–water partition coefficient (Wildman–Crippen LogP) is 4.88. The lowest BCUT2D eigenvalue weighted by molar-refractivity contribution is -0.117. The minimum Gasteiger partial charge on any atom is -0.494 e. The Morgan fingerprint density at radius 3 is 2.25 bits per heavy atom. The van der Waals surface area contributed by atoms with Crippen LogP contribution in [0, 0.1) is 29.6 Å². The van der Waals surface area contributed by atoms with Crippen LogP contribution in [0.2, 0.25) is 0 Å². The highest BCUT2D eigenvalue weighted by molar-refractivity contribution is 6.51. The first kappa shape index (κ1) is 16.5. The molecule has 3 aliphatic rings. The number of carbonyl (C=O) groups is 1. The molecule has 3 fully saturated rings. The molecule has 4 rings (SSSR count). The van der Waals surface area contributed by atoms with Gasteiger partial charge in [-0.3, -0.25) is 4.79 Å². The van der Waals surface area contributed by atoms with E-state index in [4.69, 9.17) is 27.9 Å². The van der Waals surface area contributed by atoms with Crippen molar-refractivity contribution in [1.82, 2.24) is 0 Å². The third kappa shape index (κ3) is 2.90. The second-order valence-electron chi connectivity index (χ2n) is 7.34. The van der Waals surface area contributed by atoms with E-state index in [0.717, 1.165) is 37.1 Å². The van der Waals surface area contributed by atoms with Crippen LogP contribution >= 0.6 is 23.2 Å². The van der Waals surface area contributed by atoms with E-state index in [1.165, 1.54) is 0 Å². The van der Waals surface area contributed by atoms with Crippen molar-refractivity contribution in [3.63, 3.8) is 0 Å². The van der Waals surface area contributed by atoms with Crippen molar-refractivity contribution >= 4 is 34.8 Å². The lowest BCUT2D eigenvalue weighted by atomic mass is 10.0. The molecule has 0 radical (unpaired) electrons. The molecule has 1 amide bonds. The van der Waals surface area contributed by atoms with Crippen molar-refractivity contribution in [3.05, 3.63) is 24.3 Å². The molecule has 1 aromatic carbocycles. The monoisotopic (exact) mass is 367 g/mol. The maximum absolute atomic E-state index is 12.6. The first-order chi connectivity index (χ1) is 11.5. The molecule has 24 heavy (non-hydrogen) atoms. The van der Waals surface area contributed by atoms with Crippen LogP contribution in [0.25, 0.3) is 0 Å². The molecule has 0 heterocycles. The van der Waals surface area contributed by atoms with Gasteiger partial charge in [-0.2, -0.15) is 0 Å². The smallest absolute Gasteiger partial charge is 0.228 e. The van der Waals surface area contributed by atoms with E-state index in [1.807, 2.05) is 31.2 Å². The second kappa shape index (κ2) is 6.10. The fraction of sp³-hybridized carbons (Fsp3) is 0.632. The molecule has 0 aliphatic heterocycles. The van der Waals surface area contributed by atoms with Crippen LogP contribution < -0.4 is 10.1 Å². The van der Waals surface area contributed by atoms with Crippen LogP contribution in [0.15, 0.2) is 24.3 Å². The van der Waals surface area contributed by atoms with Crippen LogP contribution in [0.4, 0.5) is 5.69 Å². The number of halogens is 2. The zero-order valence-electron chi connectivity index (χ0n) is 13.8. The Balaban J connectivity index is 1.33. The van der Waals surface area contributed by atoms with Crippen LogP contribution in [0.1, 0.15) is 32.6 Å². The van der Waals surface area contributed by atoms with Crippen molar-refractivity contribution in [3.8, 4) is 5.75 Å². The lowest BCUT2D eigenvalue weighted by Crippen LogP contribution is -2.15. The SMILES string of the molecule is CCOc1ccc(NC(=O)C2[C@H]3CC[C@@H]4[C@H](CC[C@H]23)C4(Cl)Cl)cc1. The summed E-state index contributed by atoms with van der Waals surface area (Å²) in [5.74, 6) is 3.06. The Morgan fingerprint density at radius 1 is 1.12 bits per heavy atom. The summed E-state index contributed by atoms with van der Waals surface area (Å²) in [5, 5.41) is 3.06. The molecule has 3 saturated carbocycles. The predicted molar refractivity (Wildman–Crippen MR) is 96.6 cm³/mol. The summed E-state index contributed by atoms with van der Waals surface area (Å²) in [7, 11) is 0. The molecule has 5 atom stereocenters. The van der Waals surface area contributed by atoms with E-state index >= 15 is 0 Å². The van der Waals surface area contributed by atoms with Crippen molar-refractivity contribution in [2.24, 2.45) is 29.6 Å². The van der Waals surface area contributed by atoms with Crippen molar-refractivity contribution < 1.29 is 9.53 Å². The van der Waals surface area contributed by atoms with E-state index in [1.54, 1.807) is 0 Å². The maximum atomic E-state index is 12.6. The highest BCUT2D eigenvalue weighted by atomic mass is 35.5. The third-order valence-corrected chi connectivity index (χ3v) is 7.18. The third-order valence-electron chi connectivity index (χ3n) is 6.05. The van der Waals surface area contributed by atoms with Crippen molar-refractivity contribution in [2.45, 2.75) is 36.9 Å². The topological polar surface area (TPSA) is 38.3 Å². The minimum absolute atomic E-state index is 0.160. The van der Waals surface area contributed by atoms with Gasteiger partial charge < -0.3 is 10.1 Å². The highest BCUT2D eigenvalue weighted by Gasteiger charge is 2.65. The number of ether oxygens (including phenoxy) is 1. The number of nitrogens with one attached hydrogen (secondary N) is 1. The number of fused-ring (bicyclic) bond motifs is 2. The van der Waals surface area contributed by atoms with Gasteiger partial charge in [-0.1, -0.05) is 0 Å². The molecule has 0 saturated heterocycles. The number of hydrogen-bond donors (Lipinski definition) is 1. The Morgan fingerprint density at radius 2 is 1.71 bits per heavy atom. The maximum Gasteiger partial charge on any atom is 0.228 e. The molecule has 3 nitrogen and oxygen atoms in total. The normalized spacial score (nSPS) is 35.7. The van der Waals surface area contributed by atoms with Crippen molar-refractivity contribution in [2.75, 3.05) is 11.9 Å². The molecule has 1 N–H and O–H groups in total. The highest BCUT2D eigenvalue weighted by Crippen LogP contribution is 2.67. The van der Waals surface area contributed by atoms with Crippen LogP contribution in [-0.4, -0.2) is 16.8 Å². The minimum atomic E-state index is -0.489. The molecular weight excluding hydrogens is 345 g/mol. The standard InChI is InChI=1S/C19H23Cl2NO2/c1-2-24-12-5-3-11(4-6-12)22-18(23)17-13-7-9-15-16(19(15,20)21)10-8-14(13)17/h3-6,13-17H,2,7-10H2,1H3,(H,22,23)/t13-,14-,15-,16+,17?/m0/s1. The van der Waals surface area contributed by atoms with Crippen LogP contribution in [0.5, 0.6) is 5.75 Å². The average molecular weight is 368 g/mol. The van der Waals surface area contributed by atoms with Crippen LogP contribution in [0.3, 0.4) is 0 Å². The van der Waals surface area contributed by atoms with E-state index in [9.17, 15) is 4.79 Å². The Kier molecular flexibility index (Phi) is 4.20. The fourth-order valence-corrected chi connectivity index (χ4v) is 5.56. The van der Waals surface area contributed by atoms with Gasteiger partial charge >= 0.3 is 0 Å². The first-order valence-electron chi connectivity index (χ1n) is 8.94. The molecule has 1 aromatic rings. The largest absolute Gasteiger partial charge is 0.494 e. The Hall–Kier alpha value is -0.930. The number of carbonyl (C=O) groups excluding carboxylic acids is 1. The van der Waals surface area contributed by atoms with Gasteiger partial charge in [0.05, 0.1) is 6.61 Å². The number of alkyl halides is 2. The van der Waals surface area contributed by atoms with Gasteiger partial charge in [-0.05, 0) is 80.5 Å². The number of benzene rings is 1. The molecule has 0 spiro atoms. The Bertz CT molecular complexity index is 609. The van der Waals surface area contributed by atoms with E-state index in [2.05, 4.69) is 5.32 Å². The number of amides is 1. The zero-order chi connectivity index (χ0) is 16.9. The summed E-state index contributed by atoms with van der Waals surface area (Å²) in [6.07, 6.45) is 4.28. The van der Waals surface area contributed by atoms with E-state index in [0.29, 0.717) is 30.3 Å². The number of rotatable bonds is 4. The number of anilines is 1. The average Bonchev–Trinajstić information content (AvgIpc) is 3.34. The van der Waals surface area contributed by atoms with Crippen molar-refractivity contribution in [1.29, 1.82) is 0 Å². The summed E-state index contributed by atoms with van der Waals surface area (Å²) in [4.78, 5) is 12.6. The second-order valence-corrected chi connectivity index (χ2v) is 8.79. The number of hydrogen-bond acceptors (Lipinski definition) is 2. The first-order valence-corrected chi connectivity index (χ1v) is 9.69. The summed E-state index contributed by atoms with van der Waals surface area (Å²) < 4.78 is 4.94.